The van der Waals surface area contributed by atoms with Crippen molar-refractivity contribution in [3.8, 4) is 16.9 Å². The maximum atomic E-state index is 6.64. The number of anilines is 2. The third-order valence-electron chi connectivity index (χ3n) is 7.29. The molecule has 1 aliphatic carbocycles. The number of nitrogen functional groups attached to an aromatic ring is 1. The number of hydrogen-bond donors (Lipinski definition) is 1. The van der Waals surface area contributed by atoms with Gasteiger partial charge < -0.3 is 10.6 Å². The second kappa shape index (κ2) is 9.06. The number of fused-ring (bicyclic) bond motifs is 1. The van der Waals surface area contributed by atoms with E-state index < -0.39 is 0 Å². The van der Waals surface area contributed by atoms with Crippen LogP contribution in [-0.2, 0) is 0 Å². The fourth-order valence-electron chi connectivity index (χ4n) is 5.45. The number of nitrogens with zero attached hydrogens (tertiary/aromatic N) is 6. The highest BCUT2D eigenvalue weighted by Gasteiger charge is 2.27. The Hall–Kier alpha value is -3.45. The highest BCUT2D eigenvalue weighted by atomic mass is 15.4. The fourth-order valence-corrected chi connectivity index (χ4v) is 5.45. The van der Waals surface area contributed by atoms with Crippen LogP contribution in [-0.4, -0.2) is 56.9 Å². The molecule has 2 fully saturated rings. The molecule has 34 heavy (non-hydrogen) atoms. The Balaban J connectivity index is 1.38. The fraction of sp³-hybridized carbons (Fsp3) is 0.370. The van der Waals surface area contributed by atoms with Gasteiger partial charge >= 0.3 is 0 Å². The minimum atomic E-state index is 0.564. The summed E-state index contributed by atoms with van der Waals surface area (Å²) < 4.78 is 1.77. The molecular formula is C27H31N7. The van der Waals surface area contributed by atoms with Crippen LogP contribution in [0.15, 0.2) is 60.7 Å². The lowest BCUT2D eigenvalue weighted by atomic mass is 9.94. The zero-order valence-corrected chi connectivity index (χ0v) is 19.5. The van der Waals surface area contributed by atoms with Crippen molar-refractivity contribution in [1.29, 1.82) is 0 Å². The lowest BCUT2D eigenvalue weighted by Gasteiger charge is -2.40. The molecule has 1 saturated carbocycles. The zero-order chi connectivity index (χ0) is 22.9. The van der Waals surface area contributed by atoms with Gasteiger partial charge in [0.25, 0.3) is 0 Å². The van der Waals surface area contributed by atoms with Crippen LogP contribution < -0.4 is 10.6 Å². The summed E-state index contributed by atoms with van der Waals surface area (Å²) in [6, 6.07) is 21.0. The first-order valence-corrected chi connectivity index (χ1v) is 12.4. The Morgan fingerprint density at radius 1 is 0.765 bits per heavy atom. The van der Waals surface area contributed by atoms with Gasteiger partial charge in [0.05, 0.1) is 16.8 Å². The first kappa shape index (κ1) is 21.1. The van der Waals surface area contributed by atoms with Crippen LogP contribution in [0.3, 0.4) is 0 Å². The van der Waals surface area contributed by atoms with Crippen LogP contribution in [0.5, 0.6) is 0 Å². The van der Waals surface area contributed by atoms with Gasteiger partial charge in [-0.3, -0.25) is 4.90 Å². The minimum Gasteiger partial charge on any atom is -0.383 e. The van der Waals surface area contributed by atoms with Crippen molar-refractivity contribution < 1.29 is 0 Å². The summed E-state index contributed by atoms with van der Waals surface area (Å²) in [4.78, 5) is 15.0. The standard InChI is InChI=1S/C27H31N7/c28-25-23-24(20-10-4-1-5-11-20)29-27(30-26(23)31-34(25)22-14-8-3-9-15-22)33-18-16-32(17-19-33)21-12-6-2-7-13-21/h1,3-5,8-11,14-15,21H,2,6-7,12-13,16-19,28H2. The normalized spacial score (nSPS) is 17.9. The van der Waals surface area contributed by atoms with Crippen molar-refractivity contribution in [3.63, 3.8) is 0 Å². The summed E-state index contributed by atoms with van der Waals surface area (Å²) in [5.74, 6) is 1.31. The van der Waals surface area contributed by atoms with Crippen molar-refractivity contribution in [1.82, 2.24) is 24.6 Å². The van der Waals surface area contributed by atoms with E-state index >= 15 is 0 Å². The van der Waals surface area contributed by atoms with Crippen LogP contribution in [0.1, 0.15) is 32.1 Å². The van der Waals surface area contributed by atoms with Crippen molar-refractivity contribution in [3.05, 3.63) is 60.7 Å². The van der Waals surface area contributed by atoms with Crippen molar-refractivity contribution in [2.75, 3.05) is 36.8 Å². The summed E-state index contributed by atoms with van der Waals surface area (Å²) >= 11 is 0. The summed E-state index contributed by atoms with van der Waals surface area (Å²) in [7, 11) is 0. The Labute approximate surface area is 200 Å². The summed E-state index contributed by atoms with van der Waals surface area (Å²) in [5, 5.41) is 5.62. The van der Waals surface area contributed by atoms with Crippen LogP contribution in [0.4, 0.5) is 11.8 Å². The van der Waals surface area contributed by atoms with Gasteiger partial charge in [-0.15, -0.1) is 5.10 Å². The van der Waals surface area contributed by atoms with Crippen molar-refractivity contribution in [2.45, 2.75) is 38.1 Å². The lowest BCUT2D eigenvalue weighted by Crippen LogP contribution is -2.51. The highest BCUT2D eigenvalue weighted by molar-refractivity contribution is 5.99. The van der Waals surface area contributed by atoms with Gasteiger partial charge in [-0.1, -0.05) is 67.8 Å². The van der Waals surface area contributed by atoms with Gasteiger partial charge in [0.15, 0.2) is 5.65 Å². The molecule has 0 unspecified atom stereocenters. The molecule has 0 radical (unpaired) electrons. The van der Waals surface area contributed by atoms with E-state index in [1.54, 1.807) is 4.68 Å². The van der Waals surface area contributed by atoms with Gasteiger partial charge in [0, 0.05) is 37.8 Å². The summed E-state index contributed by atoms with van der Waals surface area (Å²) in [6.07, 6.45) is 6.83. The first-order chi connectivity index (χ1) is 16.8. The molecule has 0 spiro atoms. The molecule has 4 aromatic rings. The molecule has 2 aliphatic rings. The van der Waals surface area contributed by atoms with E-state index in [-0.39, 0.29) is 0 Å². The summed E-state index contributed by atoms with van der Waals surface area (Å²) in [5.41, 5.74) is 10.1. The summed E-state index contributed by atoms with van der Waals surface area (Å²) in [6.45, 7) is 4.00. The van der Waals surface area contributed by atoms with E-state index in [1.165, 1.54) is 32.1 Å². The maximum Gasteiger partial charge on any atom is 0.228 e. The molecule has 7 nitrogen and oxygen atoms in total. The van der Waals surface area contributed by atoms with Crippen LogP contribution in [0.2, 0.25) is 0 Å². The third kappa shape index (κ3) is 3.90. The number of piperazine rings is 1. The van der Waals surface area contributed by atoms with Crippen LogP contribution in [0.25, 0.3) is 28.0 Å². The number of nitrogens with two attached hydrogens (primary N) is 1. The molecule has 0 amide bonds. The number of rotatable bonds is 4. The van der Waals surface area contributed by atoms with E-state index in [9.17, 15) is 0 Å². The monoisotopic (exact) mass is 453 g/mol. The molecule has 174 valence electrons. The number of aromatic nitrogens is 4. The van der Waals surface area contributed by atoms with Crippen molar-refractivity contribution >= 4 is 22.8 Å². The predicted molar refractivity (Wildman–Crippen MR) is 137 cm³/mol. The van der Waals surface area contributed by atoms with Crippen LogP contribution in [0, 0.1) is 0 Å². The molecule has 3 heterocycles. The predicted octanol–water partition coefficient (Wildman–Crippen LogP) is 4.52. The Bertz CT molecular complexity index is 1250. The molecule has 0 atom stereocenters. The van der Waals surface area contributed by atoms with E-state index in [0.717, 1.165) is 60.5 Å². The minimum absolute atomic E-state index is 0.564. The molecule has 2 aromatic heterocycles. The quantitative estimate of drug-likeness (QED) is 0.490. The smallest absolute Gasteiger partial charge is 0.228 e. The molecular weight excluding hydrogens is 422 g/mol. The molecule has 6 rings (SSSR count). The van der Waals surface area contributed by atoms with Gasteiger partial charge in [0.1, 0.15) is 5.82 Å². The van der Waals surface area contributed by atoms with Crippen LogP contribution >= 0.6 is 0 Å². The zero-order valence-electron chi connectivity index (χ0n) is 19.5. The SMILES string of the molecule is Nc1c2c(-c3ccccc3)nc(N3CCN(C4CCCCC4)CC3)nc2nn1-c1ccccc1. The van der Waals surface area contributed by atoms with E-state index in [4.69, 9.17) is 20.8 Å². The van der Waals surface area contributed by atoms with E-state index in [2.05, 4.69) is 21.9 Å². The first-order valence-electron chi connectivity index (χ1n) is 12.4. The average molecular weight is 454 g/mol. The van der Waals surface area contributed by atoms with Crippen molar-refractivity contribution in [2.24, 2.45) is 0 Å². The molecule has 2 aromatic carbocycles. The molecule has 1 saturated heterocycles. The number of para-hydroxylation sites is 1. The van der Waals surface area contributed by atoms with Gasteiger partial charge in [-0.05, 0) is 25.0 Å². The molecule has 2 N–H and O–H groups in total. The van der Waals surface area contributed by atoms with E-state index in [1.807, 2.05) is 48.5 Å². The lowest BCUT2D eigenvalue weighted by molar-refractivity contribution is 0.147. The number of hydrogen-bond acceptors (Lipinski definition) is 6. The third-order valence-corrected chi connectivity index (χ3v) is 7.29. The molecule has 1 aliphatic heterocycles. The topological polar surface area (TPSA) is 76.1 Å². The van der Waals surface area contributed by atoms with Gasteiger partial charge in [-0.25, -0.2) is 9.67 Å². The van der Waals surface area contributed by atoms with E-state index in [0.29, 0.717) is 11.5 Å². The Morgan fingerprint density at radius 3 is 2.15 bits per heavy atom. The second-order valence-corrected chi connectivity index (χ2v) is 9.38. The Kier molecular flexibility index (Phi) is 5.63. The number of benzene rings is 2. The Morgan fingerprint density at radius 2 is 1.44 bits per heavy atom. The largest absolute Gasteiger partial charge is 0.383 e. The second-order valence-electron chi connectivity index (χ2n) is 9.38. The molecule has 7 heteroatoms. The highest BCUT2D eigenvalue weighted by Crippen LogP contribution is 2.33. The van der Waals surface area contributed by atoms with Gasteiger partial charge in [-0.2, -0.15) is 4.98 Å². The maximum absolute atomic E-state index is 6.64. The average Bonchev–Trinajstić information content (AvgIpc) is 3.26. The molecule has 0 bridgehead atoms. The van der Waals surface area contributed by atoms with Gasteiger partial charge in [0.2, 0.25) is 5.95 Å².